The first-order chi connectivity index (χ1) is 12.3. The van der Waals surface area contributed by atoms with Crippen molar-refractivity contribution < 1.29 is 34.4 Å². The van der Waals surface area contributed by atoms with Gasteiger partial charge in [-0.25, -0.2) is 19.7 Å². The highest BCUT2D eigenvalue weighted by Crippen LogP contribution is 2.45. The third kappa shape index (κ3) is 2.30. The molecule has 2 saturated heterocycles. The Morgan fingerprint density at radius 1 is 1.35 bits per heavy atom. The Bertz CT molecular complexity index is 901. The van der Waals surface area contributed by atoms with E-state index in [0.29, 0.717) is 11.2 Å². The van der Waals surface area contributed by atoms with E-state index < -0.39 is 48.5 Å². The van der Waals surface area contributed by atoms with Crippen LogP contribution in [0.25, 0.3) is 11.2 Å². The van der Waals surface area contributed by atoms with Gasteiger partial charge in [-0.1, -0.05) is 0 Å². The molecule has 138 valence electrons. The Labute approximate surface area is 145 Å². The number of carboxylic acid groups (broad SMARTS) is 2. The smallest absolute Gasteiger partial charge is 0.336 e. The summed E-state index contributed by atoms with van der Waals surface area (Å²) in [6.07, 6.45) is -2.26. The number of aromatic nitrogens is 4. The van der Waals surface area contributed by atoms with E-state index in [1.54, 1.807) is 0 Å². The van der Waals surface area contributed by atoms with Crippen LogP contribution in [-0.4, -0.2) is 70.7 Å². The van der Waals surface area contributed by atoms with Crippen molar-refractivity contribution in [3.05, 3.63) is 12.7 Å². The van der Waals surface area contributed by atoms with Gasteiger partial charge in [-0.05, 0) is 0 Å². The highest BCUT2D eigenvalue weighted by molar-refractivity contribution is 5.84. The molecule has 0 aliphatic carbocycles. The van der Waals surface area contributed by atoms with Gasteiger partial charge in [0.05, 0.1) is 18.9 Å². The van der Waals surface area contributed by atoms with Gasteiger partial charge in [-0.2, -0.15) is 0 Å². The number of aliphatic hydroxyl groups is 1. The minimum Gasteiger partial charge on any atom is -0.481 e. The lowest BCUT2D eigenvalue weighted by Crippen LogP contribution is -2.43. The Hall–Kier alpha value is -2.83. The van der Waals surface area contributed by atoms with Gasteiger partial charge in [-0.3, -0.25) is 9.36 Å². The Morgan fingerprint density at radius 2 is 2.12 bits per heavy atom. The lowest BCUT2D eigenvalue weighted by molar-refractivity contribution is -0.176. The number of fused-ring (bicyclic) bond motifs is 2. The summed E-state index contributed by atoms with van der Waals surface area (Å²) in [4.78, 5) is 34.6. The molecule has 5 unspecified atom stereocenters. The second-order valence-electron chi connectivity index (χ2n) is 6.30. The zero-order chi connectivity index (χ0) is 18.6. The first-order valence-corrected chi connectivity index (χ1v) is 7.72. The van der Waals surface area contributed by atoms with Crippen molar-refractivity contribution in [1.82, 2.24) is 19.5 Å². The minimum absolute atomic E-state index is 0.170. The standard InChI is InChI=1S/C14H15N5O7/c15-10-7-11(17-3-16-10)19(4-18-7)12-8(22)9-5(25-12)1-14(26-9,13(23)24)2-6(20)21/h3-5,8-9,12,22H,1-2H2,(H,20,21)(H,23,24)(H2,15,16,17). The van der Waals surface area contributed by atoms with Crippen LogP contribution < -0.4 is 5.73 Å². The van der Waals surface area contributed by atoms with E-state index in [1.165, 1.54) is 17.2 Å². The number of hydrogen-bond acceptors (Lipinski definition) is 9. The SMILES string of the molecule is Nc1ncnc2c1ncn2C1OC2CC(CC(=O)O)(C(=O)O)OC2C1O. The molecule has 5 N–H and O–H groups in total. The molecule has 0 aromatic carbocycles. The topological polar surface area (TPSA) is 183 Å². The van der Waals surface area contributed by atoms with Gasteiger partial charge in [0.2, 0.25) is 0 Å². The van der Waals surface area contributed by atoms with Crippen molar-refractivity contribution in [2.24, 2.45) is 0 Å². The van der Waals surface area contributed by atoms with Gasteiger partial charge in [0.1, 0.15) is 24.1 Å². The molecular weight excluding hydrogens is 350 g/mol. The van der Waals surface area contributed by atoms with Gasteiger partial charge in [0.15, 0.2) is 23.3 Å². The van der Waals surface area contributed by atoms with Crippen LogP contribution in [0.2, 0.25) is 0 Å². The summed E-state index contributed by atoms with van der Waals surface area (Å²) in [5.41, 5.74) is 4.48. The third-order valence-electron chi connectivity index (χ3n) is 4.69. The molecule has 2 aromatic rings. The van der Waals surface area contributed by atoms with Crippen LogP contribution in [0.5, 0.6) is 0 Å². The number of nitrogen functional groups attached to an aromatic ring is 1. The molecule has 26 heavy (non-hydrogen) atoms. The number of hydrogen-bond donors (Lipinski definition) is 4. The summed E-state index contributed by atoms with van der Waals surface area (Å²) >= 11 is 0. The number of nitrogens with zero attached hydrogens (tertiary/aromatic N) is 4. The van der Waals surface area contributed by atoms with Crippen molar-refractivity contribution >= 4 is 28.9 Å². The molecule has 0 amide bonds. The maximum atomic E-state index is 11.5. The number of aliphatic hydroxyl groups excluding tert-OH is 1. The molecule has 2 aliphatic rings. The van der Waals surface area contributed by atoms with Gasteiger partial charge >= 0.3 is 11.9 Å². The zero-order valence-electron chi connectivity index (χ0n) is 13.2. The zero-order valence-corrected chi connectivity index (χ0v) is 13.2. The van der Waals surface area contributed by atoms with Crippen molar-refractivity contribution in [1.29, 1.82) is 0 Å². The second kappa shape index (κ2) is 5.59. The lowest BCUT2D eigenvalue weighted by Gasteiger charge is -2.26. The van der Waals surface area contributed by atoms with Gasteiger partial charge in [0.25, 0.3) is 0 Å². The van der Waals surface area contributed by atoms with Crippen molar-refractivity contribution in [3.63, 3.8) is 0 Å². The molecule has 5 atom stereocenters. The van der Waals surface area contributed by atoms with Crippen molar-refractivity contribution in [3.8, 4) is 0 Å². The highest BCUT2D eigenvalue weighted by Gasteiger charge is 2.60. The van der Waals surface area contributed by atoms with Gasteiger partial charge in [-0.15, -0.1) is 0 Å². The number of nitrogens with two attached hydrogens (primary N) is 1. The van der Waals surface area contributed by atoms with E-state index in [2.05, 4.69) is 15.0 Å². The van der Waals surface area contributed by atoms with E-state index in [0.717, 1.165) is 0 Å². The molecule has 12 nitrogen and oxygen atoms in total. The molecule has 2 aliphatic heterocycles. The minimum atomic E-state index is -1.93. The molecule has 0 bridgehead atoms. The fraction of sp³-hybridized carbons (Fsp3) is 0.500. The highest BCUT2D eigenvalue weighted by atomic mass is 16.6. The number of carboxylic acids is 2. The van der Waals surface area contributed by atoms with Crippen LogP contribution in [0.3, 0.4) is 0 Å². The van der Waals surface area contributed by atoms with Crippen LogP contribution in [0.4, 0.5) is 5.82 Å². The molecule has 2 aromatic heterocycles. The maximum Gasteiger partial charge on any atom is 0.336 e. The number of rotatable bonds is 4. The number of carbonyl (C=O) groups is 2. The van der Waals surface area contributed by atoms with Crippen molar-refractivity contribution in [2.75, 3.05) is 5.73 Å². The monoisotopic (exact) mass is 365 g/mol. The molecule has 12 heteroatoms. The van der Waals surface area contributed by atoms with Crippen LogP contribution in [0, 0.1) is 0 Å². The number of ether oxygens (including phenoxy) is 2. The lowest BCUT2D eigenvalue weighted by atomic mass is 9.94. The molecule has 2 fully saturated rings. The summed E-state index contributed by atoms with van der Waals surface area (Å²) < 4.78 is 12.7. The van der Waals surface area contributed by atoms with E-state index in [4.69, 9.17) is 20.3 Å². The number of aliphatic carboxylic acids is 2. The summed E-state index contributed by atoms with van der Waals surface area (Å²) in [6, 6.07) is 0. The summed E-state index contributed by atoms with van der Waals surface area (Å²) in [5, 5.41) is 29.0. The van der Waals surface area contributed by atoms with Crippen LogP contribution in [-0.2, 0) is 19.1 Å². The predicted octanol–water partition coefficient (Wildman–Crippen LogP) is -1.25. The molecule has 0 saturated carbocycles. The van der Waals surface area contributed by atoms with Crippen LogP contribution >= 0.6 is 0 Å². The first-order valence-electron chi connectivity index (χ1n) is 7.72. The summed E-state index contributed by atoms with van der Waals surface area (Å²) in [6.45, 7) is 0. The Kier molecular flexibility index (Phi) is 3.57. The fourth-order valence-corrected chi connectivity index (χ4v) is 3.52. The van der Waals surface area contributed by atoms with Gasteiger partial charge in [0, 0.05) is 6.42 Å². The van der Waals surface area contributed by atoms with E-state index in [-0.39, 0.29) is 12.2 Å². The van der Waals surface area contributed by atoms with Crippen LogP contribution in [0.15, 0.2) is 12.7 Å². The maximum absolute atomic E-state index is 11.5. The van der Waals surface area contributed by atoms with E-state index in [9.17, 15) is 19.8 Å². The average molecular weight is 365 g/mol. The largest absolute Gasteiger partial charge is 0.481 e. The number of anilines is 1. The first kappa shape index (κ1) is 16.6. The number of imidazole rings is 1. The quantitative estimate of drug-likeness (QED) is 0.508. The second-order valence-corrected chi connectivity index (χ2v) is 6.30. The molecular formula is C14H15N5O7. The van der Waals surface area contributed by atoms with Gasteiger partial charge < -0.3 is 30.5 Å². The predicted molar refractivity (Wildman–Crippen MR) is 81.8 cm³/mol. The molecule has 0 radical (unpaired) electrons. The fourth-order valence-electron chi connectivity index (χ4n) is 3.52. The summed E-state index contributed by atoms with van der Waals surface area (Å²) in [5.74, 6) is -2.55. The van der Waals surface area contributed by atoms with Crippen LogP contribution in [0.1, 0.15) is 19.1 Å². The van der Waals surface area contributed by atoms with E-state index in [1.807, 2.05) is 0 Å². The Balaban J connectivity index is 1.63. The molecule has 0 spiro atoms. The Morgan fingerprint density at radius 3 is 2.77 bits per heavy atom. The van der Waals surface area contributed by atoms with E-state index >= 15 is 0 Å². The third-order valence-corrected chi connectivity index (χ3v) is 4.69. The molecule has 4 rings (SSSR count). The van der Waals surface area contributed by atoms with Crippen molar-refractivity contribution in [2.45, 2.75) is 43.0 Å². The average Bonchev–Trinajstić information content (AvgIpc) is 3.21. The summed E-state index contributed by atoms with van der Waals surface area (Å²) in [7, 11) is 0. The normalized spacial score (nSPS) is 33.4. The molecule has 4 heterocycles.